The normalized spacial score (nSPS) is 11.4. The zero-order valence-corrected chi connectivity index (χ0v) is 28.8. The number of pyridine rings is 1. The molecule has 0 aliphatic heterocycles. The van der Waals surface area contributed by atoms with E-state index in [0.717, 1.165) is 50.4 Å². The standard InChI is InChI=1S/C48H29N3S/c49-30-31-20-22-32(23-21-31)35-26-36(44-17-9-16-43(50-44)33-10-2-1-3-11-33)28-37(27-35)51-45-18-6-4-12-39(45)40-25-24-34(29-46(40)51)38-14-8-15-42-41-13-5-7-19-47(41)52-48(38)42/h1-29H. The van der Waals surface area contributed by atoms with Crippen molar-refractivity contribution in [3.8, 4) is 56.5 Å². The van der Waals surface area contributed by atoms with Gasteiger partial charge in [0.25, 0.3) is 0 Å². The number of aromatic nitrogens is 2. The Balaban J connectivity index is 1.22. The van der Waals surface area contributed by atoms with Crippen molar-refractivity contribution in [1.82, 2.24) is 9.55 Å². The van der Waals surface area contributed by atoms with Crippen molar-refractivity contribution in [2.75, 3.05) is 0 Å². The zero-order chi connectivity index (χ0) is 34.6. The Labute approximate surface area is 304 Å². The van der Waals surface area contributed by atoms with Gasteiger partial charge in [-0.3, -0.25) is 0 Å². The van der Waals surface area contributed by atoms with Crippen molar-refractivity contribution in [2.45, 2.75) is 0 Å². The lowest BCUT2D eigenvalue weighted by Crippen LogP contribution is -1.97. The monoisotopic (exact) mass is 679 g/mol. The molecule has 10 rings (SSSR count). The zero-order valence-electron chi connectivity index (χ0n) is 28.0. The molecule has 52 heavy (non-hydrogen) atoms. The Morgan fingerprint density at radius 1 is 0.462 bits per heavy atom. The molecule has 0 radical (unpaired) electrons. The van der Waals surface area contributed by atoms with Crippen LogP contribution < -0.4 is 0 Å². The molecule has 10 aromatic rings. The summed E-state index contributed by atoms with van der Waals surface area (Å²) >= 11 is 1.86. The van der Waals surface area contributed by atoms with Crippen LogP contribution in [0.15, 0.2) is 176 Å². The van der Waals surface area contributed by atoms with Crippen molar-refractivity contribution < 1.29 is 0 Å². The van der Waals surface area contributed by atoms with Crippen LogP contribution in [0, 0.1) is 11.3 Å². The van der Waals surface area contributed by atoms with Gasteiger partial charge in [0, 0.05) is 47.8 Å². The highest BCUT2D eigenvalue weighted by Gasteiger charge is 2.17. The van der Waals surface area contributed by atoms with E-state index < -0.39 is 0 Å². The molecule has 0 atom stereocenters. The molecule has 3 aromatic heterocycles. The fraction of sp³-hybridized carbons (Fsp3) is 0. The number of nitriles is 1. The van der Waals surface area contributed by atoms with Gasteiger partial charge in [-0.25, -0.2) is 4.98 Å². The van der Waals surface area contributed by atoms with E-state index in [1.54, 1.807) is 0 Å². The first kappa shape index (κ1) is 30.1. The minimum atomic E-state index is 0.640. The van der Waals surface area contributed by atoms with Gasteiger partial charge in [-0.15, -0.1) is 11.3 Å². The van der Waals surface area contributed by atoms with Crippen LogP contribution in [0.2, 0.25) is 0 Å². The number of hydrogen-bond acceptors (Lipinski definition) is 3. The maximum Gasteiger partial charge on any atom is 0.0991 e. The lowest BCUT2D eigenvalue weighted by molar-refractivity contribution is 1.18. The van der Waals surface area contributed by atoms with E-state index in [4.69, 9.17) is 4.98 Å². The van der Waals surface area contributed by atoms with E-state index >= 15 is 0 Å². The van der Waals surface area contributed by atoms with Crippen LogP contribution in [0.25, 0.3) is 92.4 Å². The van der Waals surface area contributed by atoms with Gasteiger partial charge in [-0.2, -0.15) is 5.26 Å². The van der Waals surface area contributed by atoms with Crippen LogP contribution in [0.3, 0.4) is 0 Å². The minimum absolute atomic E-state index is 0.640. The topological polar surface area (TPSA) is 41.6 Å². The molecule has 0 aliphatic carbocycles. The molecule has 0 spiro atoms. The van der Waals surface area contributed by atoms with Crippen LogP contribution in [0.1, 0.15) is 5.56 Å². The number of thiophene rings is 1. The molecule has 242 valence electrons. The van der Waals surface area contributed by atoms with E-state index in [9.17, 15) is 5.26 Å². The molecule has 0 unspecified atom stereocenters. The van der Waals surface area contributed by atoms with E-state index in [2.05, 4.69) is 144 Å². The van der Waals surface area contributed by atoms with E-state index in [-0.39, 0.29) is 0 Å². The maximum absolute atomic E-state index is 9.52. The summed E-state index contributed by atoms with van der Waals surface area (Å²) < 4.78 is 5.01. The van der Waals surface area contributed by atoms with Gasteiger partial charge in [0.15, 0.2) is 0 Å². The second-order valence-corrected chi connectivity index (χ2v) is 14.1. The number of rotatable bonds is 5. The molecule has 0 amide bonds. The number of nitrogens with zero attached hydrogens (tertiary/aromatic N) is 3. The summed E-state index contributed by atoms with van der Waals surface area (Å²) in [5, 5.41) is 14.5. The first-order valence-corrected chi connectivity index (χ1v) is 18.2. The van der Waals surface area contributed by atoms with E-state index in [1.165, 1.54) is 42.1 Å². The van der Waals surface area contributed by atoms with Gasteiger partial charge in [0.1, 0.15) is 0 Å². The average Bonchev–Trinajstić information content (AvgIpc) is 3.77. The molecule has 7 aromatic carbocycles. The lowest BCUT2D eigenvalue weighted by atomic mass is 9.98. The van der Waals surface area contributed by atoms with Gasteiger partial charge < -0.3 is 4.57 Å². The van der Waals surface area contributed by atoms with Gasteiger partial charge in [0.05, 0.1) is 34.1 Å². The highest BCUT2D eigenvalue weighted by molar-refractivity contribution is 7.26. The summed E-state index contributed by atoms with van der Waals surface area (Å²) in [5.41, 5.74) is 12.4. The first-order chi connectivity index (χ1) is 25.7. The quantitative estimate of drug-likeness (QED) is 0.182. The minimum Gasteiger partial charge on any atom is -0.309 e. The van der Waals surface area contributed by atoms with Crippen LogP contribution in [-0.4, -0.2) is 9.55 Å². The molecular formula is C48H29N3S. The second kappa shape index (κ2) is 12.2. The maximum atomic E-state index is 9.52. The Kier molecular flexibility index (Phi) is 7.06. The molecule has 0 aliphatic rings. The van der Waals surface area contributed by atoms with Crippen molar-refractivity contribution >= 4 is 53.3 Å². The summed E-state index contributed by atoms with van der Waals surface area (Å²) in [6.07, 6.45) is 0. The van der Waals surface area contributed by atoms with Gasteiger partial charge in [-0.05, 0) is 82.9 Å². The van der Waals surface area contributed by atoms with E-state index in [0.29, 0.717) is 5.56 Å². The highest BCUT2D eigenvalue weighted by Crippen LogP contribution is 2.42. The average molecular weight is 680 g/mol. The van der Waals surface area contributed by atoms with Crippen molar-refractivity contribution in [1.29, 1.82) is 5.26 Å². The molecule has 0 fully saturated rings. The van der Waals surface area contributed by atoms with Crippen LogP contribution in [0.5, 0.6) is 0 Å². The third kappa shape index (κ3) is 4.99. The highest BCUT2D eigenvalue weighted by atomic mass is 32.1. The number of fused-ring (bicyclic) bond motifs is 6. The molecular weight excluding hydrogens is 651 g/mol. The first-order valence-electron chi connectivity index (χ1n) is 17.3. The summed E-state index contributed by atoms with van der Waals surface area (Å²) in [5.74, 6) is 0. The smallest absolute Gasteiger partial charge is 0.0991 e. The van der Waals surface area contributed by atoms with Crippen molar-refractivity contribution in [3.63, 3.8) is 0 Å². The number of hydrogen-bond donors (Lipinski definition) is 0. The third-order valence-corrected chi connectivity index (χ3v) is 11.2. The van der Waals surface area contributed by atoms with Crippen LogP contribution >= 0.6 is 11.3 Å². The molecule has 0 saturated carbocycles. The molecule has 0 bridgehead atoms. The fourth-order valence-corrected chi connectivity index (χ4v) is 8.79. The Morgan fingerprint density at radius 3 is 1.98 bits per heavy atom. The van der Waals surface area contributed by atoms with Crippen molar-refractivity contribution in [3.05, 3.63) is 181 Å². The Morgan fingerprint density at radius 2 is 1.13 bits per heavy atom. The number of benzene rings is 7. The SMILES string of the molecule is N#Cc1ccc(-c2cc(-c3cccc(-c4ccccc4)n3)cc(-n3c4ccccc4c4ccc(-c5cccc6c5sc5ccccc56)cc43)c2)cc1. The third-order valence-electron chi connectivity index (χ3n) is 10.0. The molecule has 4 heteroatoms. The predicted octanol–water partition coefficient (Wildman–Crippen LogP) is 13.1. The van der Waals surface area contributed by atoms with Crippen LogP contribution in [-0.2, 0) is 0 Å². The number of para-hydroxylation sites is 1. The second-order valence-electron chi connectivity index (χ2n) is 13.1. The fourth-order valence-electron chi connectivity index (χ4n) is 7.55. The van der Waals surface area contributed by atoms with Crippen LogP contribution in [0.4, 0.5) is 0 Å². The predicted molar refractivity (Wildman–Crippen MR) is 218 cm³/mol. The Hall–Kier alpha value is -6.80. The lowest BCUT2D eigenvalue weighted by Gasteiger charge is -2.15. The largest absolute Gasteiger partial charge is 0.309 e. The summed E-state index contributed by atoms with van der Waals surface area (Å²) in [6, 6.07) is 64.3. The van der Waals surface area contributed by atoms with Gasteiger partial charge in [0.2, 0.25) is 0 Å². The summed E-state index contributed by atoms with van der Waals surface area (Å²) in [4.78, 5) is 5.17. The molecule has 0 N–H and O–H groups in total. The molecule has 3 heterocycles. The van der Waals surface area contributed by atoms with Crippen molar-refractivity contribution in [2.24, 2.45) is 0 Å². The molecule has 3 nitrogen and oxygen atoms in total. The summed E-state index contributed by atoms with van der Waals surface area (Å²) in [7, 11) is 0. The van der Waals surface area contributed by atoms with E-state index in [1.807, 2.05) is 53.8 Å². The van der Waals surface area contributed by atoms with Gasteiger partial charge in [-0.1, -0.05) is 115 Å². The Bertz CT molecular complexity index is 3020. The summed E-state index contributed by atoms with van der Waals surface area (Å²) in [6.45, 7) is 0. The molecule has 0 saturated heterocycles. The van der Waals surface area contributed by atoms with Gasteiger partial charge >= 0.3 is 0 Å².